The number of hydrogen-bond acceptors (Lipinski definition) is 8. The molecule has 0 unspecified atom stereocenters. The summed E-state index contributed by atoms with van der Waals surface area (Å²) in [4.78, 5) is 55.6. The van der Waals surface area contributed by atoms with Crippen molar-refractivity contribution in [3.05, 3.63) is 57.3 Å². The Labute approximate surface area is 186 Å². The average Bonchev–Trinajstić information content (AvgIpc) is 3.26. The maximum Gasteiger partial charge on any atom is 0.409 e. The van der Waals surface area contributed by atoms with E-state index in [1.165, 1.54) is 44.9 Å². The van der Waals surface area contributed by atoms with E-state index >= 15 is 0 Å². The van der Waals surface area contributed by atoms with Gasteiger partial charge >= 0.3 is 6.09 Å². The second-order valence-corrected chi connectivity index (χ2v) is 7.28. The monoisotopic (exact) mass is 455 g/mol. The van der Waals surface area contributed by atoms with Gasteiger partial charge in [0.25, 0.3) is 11.2 Å². The number of para-hydroxylation sites is 2. The molecule has 2 aromatic heterocycles. The van der Waals surface area contributed by atoms with E-state index in [4.69, 9.17) is 4.74 Å². The fourth-order valence-electron chi connectivity index (χ4n) is 3.63. The number of rotatable bonds is 5. The summed E-state index contributed by atoms with van der Waals surface area (Å²) in [5.74, 6) is -0.284. The molecule has 3 aromatic rings. The van der Waals surface area contributed by atoms with Gasteiger partial charge in [0.05, 0.1) is 17.7 Å². The molecule has 172 valence electrons. The zero-order valence-corrected chi connectivity index (χ0v) is 17.8. The SMILES string of the molecule is CCOC(=O)N1CCN(C(=O)Cn2cnc3c(cnn3-c3ccccc3[N+](=O)[O-])c2=O)CC1. The van der Waals surface area contributed by atoms with Crippen LogP contribution >= 0.6 is 0 Å². The van der Waals surface area contributed by atoms with Crippen molar-refractivity contribution in [2.45, 2.75) is 13.5 Å². The highest BCUT2D eigenvalue weighted by Gasteiger charge is 2.25. The molecule has 1 fully saturated rings. The second-order valence-electron chi connectivity index (χ2n) is 7.28. The number of amides is 2. The zero-order chi connectivity index (χ0) is 23.5. The molecule has 1 aromatic carbocycles. The number of aromatic nitrogens is 4. The molecular formula is C20H21N7O6. The number of piperazine rings is 1. The van der Waals surface area contributed by atoms with E-state index in [0.717, 1.165) is 0 Å². The van der Waals surface area contributed by atoms with Gasteiger partial charge in [-0.25, -0.2) is 14.5 Å². The third kappa shape index (κ3) is 4.24. The van der Waals surface area contributed by atoms with Gasteiger partial charge < -0.3 is 14.5 Å². The highest BCUT2D eigenvalue weighted by molar-refractivity contribution is 5.79. The standard InChI is InChI=1S/C20H21N7O6/c1-2-33-20(30)24-9-7-23(8-10-24)17(28)12-25-13-21-18-14(19(25)29)11-22-26(18)15-5-3-4-6-16(15)27(31)32/h3-6,11,13H,2,7-10,12H2,1H3. The highest BCUT2D eigenvalue weighted by Crippen LogP contribution is 2.23. The number of benzene rings is 1. The molecule has 0 radical (unpaired) electrons. The van der Waals surface area contributed by atoms with Gasteiger partial charge in [-0.1, -0.05) is 12.1 Å². The molecular weight excluding hydrogens is 434 g/mol. The molecule has 0 N–H and O–H groups in total. The van der Waals surface area contributed by atoms with Gasteiger partial charge in [0.1, 0.15) is 23.9 Å². The number of ether oxygens (including phenoxy) is 1. The van der Waals surface area contributed by atoms with Crippen LogP contribution < -0.4 is 5.56 Å². The van der Waals surface area contributed by atoms with Crippen molar-refractivity contribution in [2.24, 2.45) is 0 Å². The van der Waals surface area contributed by atoms with Crippen molar-refractivity contribution in [3.8, 4) is 5.69 Å². The molecule has 0 aliphatic carbocycles. The second kappa shape index (κ2) is 9.06. The summed E-state index contributed by atoms with van der Waals surface area (Å²) < 4.78 is 7.37. The Balaban J connectivity index is 1.52. The Morgan fingerprint density at radius 1 is 1.15 bits per heavy atom. The Hall–Kier alpha value is -4.29. The summed E-state index contributed by atoms with van der Waals surface area (Å²) in [6.45, 7) is 3.14. The summed E-state index contributed by atoms with van der Waals surface area (Å²) in [5, 5.41) is 15.6. The first-order valence-electron chi connectivity index (χ1n) is 10.3. The molecule has 1 aliphatic rings. The molecule has 0 bridgehead atoms. The number of nitro groups is 1. The van der Waals surface area contributed by atoms with Crippen LogP contribution in [0.2, 0.25) is 0 Å². The minimum absolute atomic E-state index is 0.135. The predicted molar refractivity (Wildman–Crippen MR) is 115 cm³/mol. The van der Waals surface area contributed by atoms with Crippen molar-refractivity contribution >= 4 is 28.7 Å². The number of carbonyl (C=O) groups excluding carboxylic acids is 2. The summed E-state index contributed by atoms with van der Waals surface area (Å²) >= 11 is 0. The minimum Gasteiger partial charge on any atom is -0.450 e. The van der Waals surface area contributed by atoms with E-state index in [-0.39, 0.29) is 41.5 Å². The first-order chi connectivity index (χ1) is 15.9. The molecule has 13 heteroatoms. The Kier molecular flexibility index (Phi) is 6.02. The Bertz CT molecular complexity index is 1280. The normalized spacial score (nSPS) is 13.8. The van der Waals surface area contributed by atoms with E-state index in [1.54, 1.807) is 17.9 Å². The molecule has 4 rings (SSSR count). The molecule has 0 saturated carbocycles. The van der Waals surface area contributed by atoms with E-state index in [2.05, 4.69) is 10.1 Å². The van der Waals surface area contributed by atoms with Crippen molar-refractivity contribution in [1.29, 1.82) is 0 Å². The van der Waals surface area contributed by atoms with Gasteiger partial charge in [-0.05, 0) is 13.0 Å². The van der Waals surface area contributed by atoms with E-state index < -0.39 is 16.6 Å². The predicted octanol–water partition coefficient (Wildman–Crippen LogP) is 0.791. The molecule has 2 amide bonds. The molecule has 0 spiro atoms. The molecule has 3 heterocycles. The Morgan fingerprint density at radius 3 is 2.55 bits per heavy atom. The summed E-state index contributed by atoms with van der Waals surface area (Å²) in [6.07, 6.45) is 2.09. The van der Waals surface area contributed by atoms with Crippen LogP contribution in [0.1, 0.15) is 6.92 Å². The van der Waals surface area contributed by atoms with Gasteiger partial charge in [0.15, 0.2) is 5.65 Å². The van der Waals surface area contributed by atoms with Crippen LogP contribution in [0, 0.1) is 10.1 Å². The van der Waals surface area contributed by atoms with Crippen LogP contribution in [0.5, 0.6) is 0 Å². The van der Waals surface area contributed by atoms with Crippen molar-refractivity contribution in [1.82, 2.24) is 29.1 Å². The van der Waals surface area contributed by atoms with Crippen LogP contribution in [0.25, 0.3) is 16.7 Å². The number of nitro benzene ring substituents is 1. The van der Waals surface area contributed by atoms with Crippen LogP contribution in [-0.4, -0.2) is 78.8 Å². The van der Waals surface area contributed by atoms with Crippen LogP contribution in [0.4, 0.5) is 10.5 Å². The molecule has 1 saturated heterocycles. The Morgan fingerprint density at radius 2 is 1.85 bits per heavy atom. The molecule has 13 nitrogen and oxygen atoms in total. The average molecular weight is 455 g/mol. The van der Waals surface area contributed by atoms with Crippen LogP contribution in [0.15, 0.2) is 41.6 Å². The fraction of sp³-hybridized carbons (Fsp3) is 0.350. The molecule has 1 aliphatic heterocycles. The summed E-state index contributed by atoms with van der Waals surface area (Å²) in [6, 6.07) is 6.00. The van der Waals surface area contributed by atoms with Gasteiger partial charge in [-0.2, -0.15) is 5.10 Å². The third-order valence-corrected chi connectivity index (χ3v) is 5.33. The maximum atomic E-state index is 12.9. The van der Waals surface area contributed by atoms with Crippen molar-refractivity contribution in [3.63, 3.8) is 0 Å². The van der Waals surface area contributed by atoms with Gasteiger partial charge in [-0.15, -0.1) is 0 Å². The third-order valence-electron chi connectivity index (χ3n) is 5.33. The van der Waals surface area contributed by atoms with Crippen molar-refractivity contribution < 1.29 is 19.2 Å². The van der Waals surface area contributed by atoms with Gasteiger partial charge in [0, 0.05) is 32.2 Å². The number of nitrogens with zero attached hydrogens (tertiary/aromatic N) is 7. The van der Waals surface area contributed by atoms with Crippen LogP contribution in [-0.2, 0) is 16.1 Å². The lowest BCUT2D eigenvalue weighted by Crippen LogP contribution is -2.51. The minimum atomic E-state index is -0.537. The topological polar surface area (TPSA) is 146 Å². The van der Waals surface area contributed by atoms with E-state index in [0.29, 0.717) is 26.2 Å². The first kappa shape index (κ1) is 21.9. The lowest BCUT2D eigenvalue weighted by molar-refractivity contribution is -0.384. The van der Waals surface area contributed by atoms with Gasteiger partial charge in [-0.3, -0.25) is 24.3 Å². The zero-order valence-electron chi connectivity index (χ0n) is 17.8. The lowest BCUT2D eigenvalue weighted by atomic mass is 10.2. The van der Waals surface area contributed by atoms with E-state index in [1.807, 2.05) is 0 Å². The number of carbonyl (C=O) groups is 2. The highest BCUT2D eigenvalue weighted by atomic mass is 16.6. The van der Waals surface area contributed by atoms with Crippen molar-refractivity contribution in [2.75, 3.05) is 32.8 Å². The quantitative estimate of drug-likeness (QED) is 0.405. The summed E-state index contributed by atoms with van der Waals surface area (Å²) in [7, 11) is 0. The molecule has 0 atom stereocenters. The maximum absolute atomic E-state index is 12.9. The first-order valence-corrected chi connectivity index (χ1v) is 10.3. The number of fused-ring (bicyclic) bond motifs is 1. The molecule has 33 heavy (non-hydrogen) atoms. The van der Waals surface area contributed by atoms with Crippen LogP contribution in [0.3, 0.4) is 0 Å². The van der Waals surface area contributed by atoms with Gasteiger partial charge in [0.2, 0.25) is 5.91 Å². The smallest absolute Gasteiger partial charge is 0.409 e. The number of hydrogen-bond donors (Lipinski definition) is 0. The largest absolute Gasteiger partial charge is 0.450 e. The van der Waals surface area contributed by atoms with E-state index in [9.17, 15) is 24.5 Å². The summed E-state index contributed by atoms with van der Waals surface area (Å²) in [5.41, 5.74) is -0.326. The fourth-order valence-corrected chi connectivity index (χ4v) is 3.63. The lowest BCUT2D eigenvalue weighted by Gasteiger charge is -2.34.